The molecule has 0 spiro atoms. The summed E-state index contributed by atoms with van der Waals surface area (Å²) in [5.74, 6) is 0.883. The van der Waals surface area contributed by atoms with Crippen LogP contribution in [0.25, 0.3) is 0 Å². The number of rotatable bonds is 6. The molecule has 7 nitrogen and oxygen atoms in total. The normalized spacial score (nSPS) is 16.6. The molecule has 1 amide bonds. The third-order valence-corrected chi connectivity index (χ3v) is 4.48. The molecule has 2 aromatic heterocycles. The Balaban J connectivity index is 1.55. The van der Waals surface area contributed by atoms with Crippen molar-refractivity contribution in [2.45, 2.75) is 57.5 Å². The van der Waals surface area contributed by atoms with Crippen molar-refractivity contribution in [1.82, 2.24) is 29.9 Å². The van der Waals surface area contributed by atoms with Crippen LogP contribution in [-0.2, 0) is 18.3 Å². The van der Waals surface area contributed by atoms with E-state index in [0.717, 1.165) is 11.4 Å². The van der Waals surface area contributed by atoms with Crippen molar-refractivity contribution in [3.05, 3.63) is 30.1 Å². The molecule has 1 atom stereocenters. The molecule has 7 heteroatoms. The molecule has 0 saturated heterocycles. The topological polar surface area (TPSA) is 77.6 Å². The first-order chi connectivity index (χ1) is 11.1. The Morgan fingerprint density at radius 3 is 2.91 bits per heavy atom. The minimum absolute atomic E-state index is 0.0299. The molecule has 0 bridgehead atoms. The lowest BCUT2D eigenvalue weighted by Crippen LogP contribution is -2.29. The lowest BCUT2D eigenvalue weighted by molar-refractivity contribution is -0.121. The van der Waals surface area contributed by atoms with E-state index in [9.17, 15) is 4.79 Å². The van der Waals surface area contributed by atoms with Gasteiger partial charge in [-0.05, 0) is 31.7 Å². The average Bonchev–Trinajstić information content (AvgIpc) is 3.25. The Hall–Kier alpha value is -2.18. The van der Waals surface area contributed by atoms with Gasteiger partial charge in [-0.15, -0.1) is 10.2 Å². The van der Waals surface area contributed by atoms with Crippen molar-refractivity contribution >= 4 is 5.91 Å². The zero-order chi connectivity index (χ0) is 16.2. The van der Waals surface area contributed by atoms with Gasteiger partial charge in [-0.3, -0.25) is 9.48 Å². The van der Waals surface area contributed by atoms with Crippen molar-refractivity contribution in [2.24, 2.45) is 7.05 Å². The van der Waals surface area contributed by atoms with Crippen LogP contribution >= 0.6 is 0 Å². The van der Waals surface area contributed by atoms with Crippen molar-refractivity contribution in [1.29, 1.82) is 0 Å². The molecule has 1 fully saturated rings. The first-order valence-electron chi connectivity index (χ1n) is 8.30. The summed E-state index contributed by atoms with van der Waals surface area (Å²) in [4.78, 5) is 12.2. The maximum Gasteiger partial charge on any atom is 0.220 e. The van der Waals surface area contributed by atoms with Crippen LogP contribution in [0.2, 0.25) is 0 Å². The van der Waals surface area contributed by atoms with Crippen molar-refractivity contribution in [3.8, 4) is 0 Å². The second-order valence-corrected chi connectivity index (χ2v) is 6.35. The van der Waals surface area contributed by atoms with E-state index in [1.165, 1.54) is 25.7 Å². The van der Waals surface area contributed by atoms with E-state index in [2.05, 4.69) is 25.2 Å². The molecular formula is C16H24N6O. The predicted molar refractivity (Wildman–Crippen MR) is 85.6 cm³/mol. The molecule has 0 radical (unpaired) electrons. The van der Waals surface area contributed by atoms with Gasteiger partial charge in [0, 0.05) is 25.7 Å². The van der Waals surface area contributed by atoms with Crippen LogP contribution in [0.5, 0.6) is 0 Å². The van der Waals surface area contributed by atoms with E-state index >= 15 is 0 Å². The molecule has 2 heterocycles. The molecule has 23 heavy (non-hydrogen) atoms. The van der Waals surface area contributed by atoms with Gasteiger partial charge in [0.2, 0.25) is 5.91 Å². The fourth-order valence-electron chi connectivity index (χ4n) is 3.26. The summed E-state index contributed by atoms with van der Waals surface area (Å²) < 4.78 is 3.89. The lowest BCUT2D eigenvalue weighted by atomic mass is 10.2. The minimum atomic E-state index is -0.125. The molecule has 1 N–H and O–H groups in total. The van der Waals surface area contributed by atoms with Crippen LogP contribution in [0.15, 0.2) is 18.7 Å². The second kappa shape index (κ2) is 6.93. The fraction of sp³-hybridized carbons (Fsp3) is 0.625. The summed E-state index contributed by atoms with van der Waals surface area (Å²) in [7, 11) is 1.88. The minimum Gasteiger partial charge on any atom is -0.346 e. The van der Waals surface area contributed by atoms with Crippen molar-refractivity contribution < 1.29 is 4.79 Å². The Morgan fingerprint density at radius 2 is 2.22 bits per heavy atom. The summed E-state index contributed by atoms with van der Waals surface area (Å²) in [6, 6.07) is 0.356. The van der Waals surface area contributed by atoms with E-state index in [0.29, 0.717) is 18.9 Å². The molecule has 0 aliphatic heterocycles. The monoisotopic (exact) mass is 316 g/mol. The first kappa shape index (κ1) is 15.7. The molecule has 2 aromatic rings. The summed E-state index contributed by atoms with van der Waals surface area (Å²) in [6.07, 6.45) is 11.5. The van der Waals surface area contributed by atoms with Crippen LogP contribution < -0.4 is 5.32 Å². The first-order valence-corrected chi connectivity index (χ1v) is 8.30. The fourth-order valence-corrected chi connectivity index (χ4v) is 3.26. The van der Waals surface area contributed by atoms with Gasteiger partial charge in [0.15, 0.2) is 5.82 Å². The maximum absolute atomic E-state index is 12.2. The van der Waals surface area contributed by atoms with Crippen LogP contribution in [0.3, 0.4) is 0 Å². The third-order valence-electron chi connectivity index (χ3n) is 4.48. The van der Waals surface area contributed by atoms with Crippen LogP contribution in [0.1, 0.15) is 62.5 Å². The number of aromatic nitrogens is 5. The van der Waals surface area contributed by atoms with Gasteiger partial charge in [0.05, 0.1) is 12.2 Å². The highest BCUT2D eigenvalue weighted by Gasteiger charge is 2.23. The number of carbonyl (C=O) groups excluding carboxylic acids is 1. The summed E-state index contributed by atoms with van der Waals surface area (Å²) in [5.41, 5.74) is 1.07. The summed E-state index contributed by atoms with van der Waals surface area (Å²) >= 11 is 0. The molecule has 0 unspecified atom stereocenters. The van der Waals surface area contributed by atoms with Crippen LogP contribution in [-0.4, -0.2) is 30.5 Å². The van der Waals surface area contributed by atoms with E-state index in [-0.39, 0.29) is 11.9 Å². The molecule has 1 saturated carbocycles. The predicted octanol–water partition coefficient (Wildman–Crippen LogP) is 1.94. The Kier molecular flexibility index (Phi) is 4.73. The Labute approximate surface area is 136 Å². The zero-order valence-electron chi connectivity index (χ0n) is 13.8. The van der Waals surface area contributed by atoms with E-state index < -0.39 is 0 Å². The summed E-state index contributed by atoms with van der Waals surface area (Å²) in [6.45, 7) is 1.97. The number of aryl methyl sites for hydroxylation is 2. The smallest absolute Gasteiger partial charge is 0.220 e. The SMILES string of the molecule is C[C@H](NC(=O)CCc1cnn(C)c1)c1nncn1C1CCCC1. The van der Waals surface area contributed by atoms with E-state index in [1.807, 2.05) is 20.2 Å². The van der Waals surface area contributed by atoms with Gasteiger partial charge >= 0.3 is 0 Å². The number of nitrogens with one attached hydrogen (secondary N) is 1. The standard InChI is InChI=1S/C16H24N6O/c1-12(16-20-17-11-22(16)14-5-3-4-6-14)19-15(23)8-7-13-9-18-21(2)10-13/h9-12,14H,3-8H2,1-2H3,(H,19,23)/t12-/m0/s1. The lowest BCUT2D eigenvalue weighted by Gasteiger charge is -2.18. The van der Waals surface area contributed by atoms with Gasteiger partial charge < -0.3 is 9.88 Å². The van der Waals surface area contributed by atoms with Crippen molar-refractivity contribution in [3.63, 3.8) is 0 Å². The van der Waals surface area contributed by atoms with Gasteiger partial charge in [0.1, 0.15) is 6.33 Å². The van der Waals surface area contributed by atoms with Crippen LogP contribution in [0, 0.1) is 0 Å². The Bertz CT molecular complexity index is 655. The van der Waals surface area contributed by atoms with E-state index in [1.54, 1.807) is 17.2 Å². The van der Waals surface area contributed by atoms with Crippen molar-refractivity contribution in [2.75, 3.05) is 0 Å². The highest BCUT2D eigenvalue weighted by molar-refractivity contribution is 5.76. The van der Waals surface area contributed by atoms with Gasteiger partial charge in [-0.2, -0.15) is 5.10 Å². The summed E-state index contributed by atoms with van der Waals surface area (Å²) in [5, 5.41) is 15.4. The average molecular weight is 316 g/mol. The molecule has 1 aliphatic rings. The molecular weight excluding hydrogens is 292 g/mol. The second-order valence-electron chi connectivity index (χ2n) is 6.35. The van der Waals surface area contributed by atoms with Gasteiger partial charge in [0.25, 0.3) is 0 Å². The third kappa shape index (κ3) is 3.78. The Morgan fingerprint density at radius 1 is 1.43 bits per heavy atom. The molecule has 3 rings (SSSR count). The molecule has 0 aromatic carbocycles. The maximum atomic E-state index is 12.2. The molecule has 124 valence electrons. The number of hydrogen-bond donors (Lipinski definition) is 1. The molecule has 1 aliphatic carbocycles. The van der Waals surface area contributed by atoms with Gasteiger partial charge in [-0.25, -0.2) is 0 Å². The zero-order valence-corrected chi connectivity index (χ0v) is 13.8. The quantitative estimate of drug-likeness (QED) is 0.883. The largest absolute Gasteiger partial charge is 0.346 e. The highest BCUT2D eigenvalue weighted by atomic mass is 16.1. The highest BCUT2D eigenvalue weighted by Crippen LogP contribution is 2.31. The van der Waals surface area contributed by atoms with Gasteiger partial charge in [-0.1, -0.05) is 12.8 Å². The van der Waals surface area contributed by atoms with Crippen LogP contribution in [0.4, 0.5) is 0 Å². The number of nitrogens with zero attached hydrogens (tertiary/aromatic N) is 5. The number of carbonyl (C=O) groups is 1. The number of amides is 1. The van der Waals surface area contributed by atoms with E-state index in [4.69, 9.17) is 0 Å². The number of hydrogen-bond acceptors (Lipinski definition) is 4.